The summed E-state index contributed by atoms with van der Waals surface area (Å²) in [6, 6.07) is 19.9. The molecular weight excluding hydrogens is 700 g/mol. The van der Waals surface area contributed by atoms with Gasteiger partial charge in [-0.1, -0.05) is 25.0 Å². The van der Waals surface area contributed by atoms with Gasteiger partial charge in [-0.3, -0.25) is 9.59 Å². The second-order valence-corrected chi connectivity index (χ2v) is 13.5. The van der Waals surface area contributed by atoms with Gasteiger partial charge in [0, 0.05) is 79.4 Å². The molecule has 53 heavy (non-hydrogen) atoms. The third-order valence-corrected chi connectivity index (χ3v) is 9.50. The van der Waals surface area contributed by atoms with Crippen molar-refractivity contribution in [3.63, 3.8) is 0 Å². The second kappa shape index (κ2) is 17.4. The molecule has 12 heteroatoms. The van der Waals surface area contributed by atoms with Crippen LogP contribution in [0.3, 0.4) is 0 Å². The highest BCUT2D eigenvalue weighted by Crippen LogP contribution is 2.58. The van der Waals surface area contributed by atoms with Crippen molar-refractivity contribution in [2.24, 2.45) is 0 Å². The molecule has 1 N–H and O–H groups in total. The zero-order chi connectivity index (χ0) is 37.4. The molecule has 2 heterocycles. The van der Waals surface area contributed by atoms with Crippen LogP contribution in [0, 0.1) is 0 Å². The fourth-order valence-corrected chi connectivity index (χ4v) is 6.85. The van der Waals surface area contributed by atoms with E-state index in [-0.39, 0.29) is 12.5 Å². The molecule has 0 saturated carbocycles. The molecule has 4 aromatic rings. The number of benzene rings is 4. The normalized spacial score (nSPS) is 15.4. The standard InChI is InChI=1S/C41H45ClN2O9/c1-27(45)51-31-11-12-32-28(24-31)8-14-36-38(32)52-37-26-30(44(2)3)10-15-35(37)41(36)34-13-9-29(25-33(34)40(47)53-41)39(46)43-17-19-49-21-23-50-22-20-48-18-7-5-4-6-16-42/h8-15,24-26H,4-7,16-23H2,1-3H3,(H,43,46). The molecule has 2 aliphatic heterocycles. The highest BCUT2D eigenvalue weighted by atomic mass is 35.5. The molecule has 0 saturated heterocycles. The Labute approximate surface area is 314 Å². The Hall–Kier alpha value is -4.68. The van der Waals surface area contributed by atoms with Crippen molar-refractivity contribution in [1.82, 2.24) is 5.32 Å². The third-order valence-electron chi connectivity index (χ3n) is 9.23. The van der Waals surface area contributed by atoms with Crippen molar-refractivity contribution in [2.45, 2.75) is 38.2 Å². The summed E-state index contributed by atoms with van der Waals surface area (Å²) >= 11 is 5.69. The summed E-state index contributed by atoms with van der Waals surface area (Å²) in [5.74, 6) is 0.869. The van der Waals surface area contributed by atoms with Crippen LogP contribution in [-0.4, -0.2) is 84.0 Å². The minimum absolute atomic E-state index is 0.287. The lowest BCUT2D eigenvalue weighted by molar-refractivity contribution is -0.131. The number of carbonyl (C=O) groups excluding carboxylic acids is 3. The monoisotopic (exact) mass is 744 g/mol. The number of nitrogens with one attached hydrogen (secondary N) is 1. The van der Waals surface area contributed by atoms with E-state index in [0.717, 1.165) is 48.8 Å². The maximum atomic E-state index is 13.7. The van der Waals surface area contributed by atoms with E-state index in [4.69, 9.17) is 40.0 Å². The molecule has 0 radical (unpaired) electrons. The Bertz CT molecular complexity index is 1970. The first-order valence-electron chi connectivity index (χ1n) is 17.9. The quantitative estimate of drug-likeness (QED) is 0.0495. The lowest BCUT2D eigenvalue weighted by Crippen LogP contribution is -2.33. The zero-order valence-corrected chi connectivity index (χ0v) is 31.1. The summed E-state index contributed by atoms with van der Waals surface area (Å²) in [7, 11) is 3.87. The maximum absolute atomic E-state index is 13.7. The van der Waals surface area contributed by atoms with Crippen LogP contribution < -0.4 is 19.7 Å². The van der Waals surface area contributed by atoms with Gasteiger partial charge in [-0.15, -0.1) is 11.6 Å². The number of carbonyl (C=O) groups is 3. The Morgan fingerprint density at radius 3 is 2.26 bits per heavy atom. The van der Waals surface area contributed by atoms with Gasteiger partial charge in [0.1, 0.15) is 17.2 Å². The van der Waals surface area contributed by atoms with E-state index in [0.29, 0.717) is 84.0 Å². The second-order valence-electron chi connectivity index (χ2n) is 13.1. The van der Waals surface area contributed by atoms with E-state index < -0.39 is 17.5 Å². The number of rotatable bonds is 18. The molecule has 11 nitrogen and oxygen atoms in total. The lowest BCUT2D eigenvalue weighted by Gasteiger charge is -2.37. The molecule has 2 aliphatic rings. The van der Waals surface area contributed by atoms with Gasteiger partial charge in [-0.2, -0.15) is 0 Å². The minimum Gasteiger partial charge on any atom is -0.456 e. The highest BCUT2D eigenvalue weighted by Gasteiger charge is 2.54. The molecule has 0 bridgehead atoms. The number of alkyl halides is 1. The van der Waals surface area contributed by atoms with Gasteiger partial charge in [0.05, 0.1) is 38.6 Å². The lowest BCUT2D eigenvalue weighted by atomic mass is 9.76. The van der Waals surface area contributed by atoms with Gasteiger partial charge in [-0.25, -0.2) is 4.79 Å². The SMILES string of the molecule is CC(=O)Oc1ccc2c3c(ccc2c1)C1(OC(=O)c2cc(C(=O)NCCOCCOCCOCCCCCCCl)ccc21)c1ccc(N(C)C)cc1O3. The van der Waals surface area contributed by atoms with Gasteiger partial charge in [-0.05, 0) is 66.8 Å². The number of amides is 1. The van der Waals surface area contributed by atoms with E-state index in [9.17, 15) is 14.4 Å². The number of ether oxygens (including phenoxy) is 6. The van der Waals surface area contributed by atoms with Gasteiger partial charge in [0.25, 0.3) is 5.91 Å². The van der Waals surface area contributed by atoms with Crippen molar-refractivity contribution < 1.29 is 42.8 Å². The zero-order valence-electron chi connectivity index (χ0n) is 30.3. The van der Waals surface area contributed by atoms with Crippen molar-refractivity contribution in [3.8, 4) is 17.2 Å². The smallest absolute Gasteiger partial charge is 0.340 e. The van der Waals surface area contributed by atoms with Crippen LogP contribution in [0.15, 0.2) is 66.7 Å². The molecule has 0 fully saturated rings. The van der Waals surface area contributed by atoms with Crippen LogP contribution in [0.4, 0.5) is 5.69 Å². The summed E-state index contributed by atoms with van der Waals surface area (Å²) in [6.45, 7) is 4.54. The van der Waals surface area contributed by atoms with Gasteiger partial charge in [0.2, 0.25) is 0 Å². The minimum atomic E-state index is -1.33. The van der Waals surface area contributed by atoms with E-state index in [2.05, 4.69) is 5.32 Å². The Kier molecular flexibility index (Phi) is 12.5. The van der Waals surface area contributed by atoms with Crippen LogP contribution >= 0.6 is 11.6 Å². The number of anilines is 1. The molecular formula is C41H45ClN2O9. The molecule has 1 atom stereocenters. The average molecular weight is 745 g/mol. The number of halogens is 1. The molecule has 0 aromatic heterocycles. The van der Waals surface area contributed by atoms with E-state index in [1.165, 1.54) is 6.92 Å². The molecule has 6 rings (SSSR count). The molecule has 1 spiro atoms. The fraction of sp³-hybridized carbons (Fsp3) is 0.390. The summed E-state index contributed by atoms with van der Waals surface area (Å²) in [5.41, 5.74) is 2.10. The summed E-state index contributed by atoms with van der Waals surface area (Å²) < 4.78 is 35.0. The first-order chi connectivity index (χ1) is 25.7. The summed E-state index contributed by atoms with van der Waals surface area (Å²) in [4.78, 5) is 40.5. The van der Waals surface area contributed by atoms with Crippen LogP contribution in [0.1, 0.15) is 70.0 Å². The fourth-order valence-electron chi connectivity index (χ4n) is 6.66. The highest BCUT2D eigenvalue weighted by molar-refractivity contribution is 6.17. The van der Waals surface area contributed by atoms with Gasteiger partial charge in [0.15, 0.2) is 5.60 Å². The molecule has 0 aliphatic carbocycles. The number of nitrogens with zero attached hydrogens (tertiary/aromatic N) is 1. The van der Waals surface area contributed by atoms with Crippen LogP contribution in [-0.2, 0) is 29.3 Å². The number of unbranched alkanes of at least 4 members (excludes halogenated alkanes) is 3. The molecule has 280 valence electrons. The van der Waals surface area contributed by atoms with E-state index >= 15 is 0 Å². The Morgan fingerprint density at radius 1 is 0.792 bits per heavy atom. The average Bonchev–Trinajstić information content (AvgIpc) is 3.43. The summed E-state index contributed by atoms with van der Waals surface area (Å²) in [6.07, 6.45) is 4.32. The van der Waals surface area contributed by atoms with Crippen LogP contribution in [0.2, 0.25) is 0 Å². The molecule has 1 unspecified atom stereocenters. The van der Waals surface area contributed by atoms with Crippen LogP contribution in [0.5, 0.6) is 17.2 Å². The topological polar surface area (TPSA) is 122 Å². The first-order valence-corrected chi connectivity index (χ1v) is 18.5. The van der Waals surface area contributed by atoms with Crippen molar-refractivity contribution in [1.29, 1.82) is 0 Å². The van der Waals surface area contributed by atoms with Gasteiger partial charge < -0.3 is 38.6 Å². The van der Waals surface area contributed by atoms with E-state index in [1.54, 1.807) is 30.3 Å². The molecule has 1 amide bonds. The predicted molar refractivity (Wildman–Crippen MR) is 202 cm³/mol. The van der Waals surface area contributed by atoms with Crippen molar-refractivity contribution in [2.75, 3.05) is 71.1 Å². The summed E-state index contributed by atoms with van der Waals surface area (Å²) in [5, 5.41) is 4.40. The van der Waals surface area contributed by atoms with Gasteiger partial charge >= 0.3 is 11.9 Å². The first kappa shape index (κ1) is 38.1. The Balaban J connectivity index is 1.13. The Morgan fingerprint density at radius 2 is 1.51 bits per heavy atom. The number of esters is 2. The largest absolute Gasteiger partial charge is 0.456 e. The molecule has 4 aromatic carbocycles. The maximum Gasteiger partial charge on any atom is 0.340 e. The number of hydrogen-bond acceptors (Lipinski definition) is 10. The van der Waals surface area contributed by atoms with Crippen LogP contribution in [0.25, 0.3) is 10.8 Å². The van der Waals surface area contributed by atoms with Crippen molar-refractivity contribution in [3.05, 3.63) is 94.5 Å². The van der Waals surface area contributed by atoms with Crippen molar-refractivity contribution >= 4 is 45.9 Å². The third kappa shape index (κ3) is 8.44. The predicted octanol–water partition coefficient (Wildman–Crippen LogP) is 6.98. The number of fused-ring (bicyclic) bond motifs is 8. The number of hydrogen-bond donors (Lipinski definition) is 1. The van der Waals surface area contributed by atoms with E-state index in [1.807, 2.05) is 55.4 Å².